The molecule has 1 rings (SSSR count). The third kappa shape index (κ3) is 14.1. The summed E-state index contributed by atoms with van der Waals surface area (Å²) in [5, 5.41) is 3.42. The van der Waals surface area contributed by atoms with Gasteiger partial charge < -0.3 is 24.4 Å². The average Bonchev–Trinajstić information content (AvgIpc) is 2.70. The Morgan fingerprint density at radius 2 is 1.79 bits per heavy atom. The first kappa shape index (κ1) is 28.4. The molecule has 29 heavy (non-hydrogen) atoms. The molecule has 0 radical (unpaired) electrons. The largest absolute Gasteiger partial charge is 0.466 e. The van der Waals surface area contributed by atoms with Gasteiger partial charge in [0.05, 0.1) is 12.7 Å². The summed E-state index contributed by atoms with van der Waals surface area (Å²) in [7, 11) is 1.73. The van der Waals surface area contributed by atoms with Crippen LogP contribution in [0.25, 0.3) is 0 Å². The number of carbonyl (C=O) groups is 1. The molecule has 0 spiro atoms. The Labute approximate surface area is 194 Å². The summed E-state index contributed by atoms with van der Waals surface area (Å²) < 4.78 is 15.9. The van der Waals surface area contributed by atoms with E-state index in [4.69, 9.17) is 19.2 Å². The number of hydrogen-bond acceptors (Lipinski definition) is 5. The van der Waals surface area contributed by atoms with Crippen LogP contribution in [0.3, 0.4) is 0 Å². The topological polar surface area (TPSA) is 72.4 Å². The first-order valence-corrected chi connectivity index (χ1v) is 11.0. The highest BCUT2D eigenvalue weighted by molar-refractivity contribution is 14.0. The lowest BCUT2D eigenvalue weighted by Gasteiger charge is -2.34. The molecule has 0 unspecified atom stereocenters. The van der Waals surface area contributed by atoms with Gasteiger partial charge >= 0.3 is 5.97 Å². The highest BCUT2D eigenvalue weighted by Crippen LogP contribution is 2.14. The summed E-state index contributed by atoms with van der Waals surface area (Å²) >= 11 is 0. The molecule has 8 heteroatoms. The Kier molecular flexibility index (Phi) is 19.0. The number of nitrogens with zero attached hydrogens (tertiary/aromatic N) is 2. The summed E-state index contributed by atoms with van der Waals surface area (Å²) in [6.07, 6.45) is 8.04. The molecule has 1 saturated heterocycles. The van der Waals surface area contributed by atoms with Crippen LogP contribution >= 0.6 is 24.0 Å². The summed E-state index contributed by atoms with van der Waals surface area (Å²) in [5.41, 5.74) is 0. The van der Waals surface area contributed by atoms with Gasteiger partial charge in [0, 0.05) is 52.9 Å². The molecule has 0 saturated carbocycles. The summed E-state index contributed by atoms with van der Waals surface area (Å²) in [5.74, 6) is 0.938. The Hall–Kier alpha value is -0.610. The van der Waals surface area contributed by atoms with Crippen molar-refractivity contribution in [3.63, 3.8) is 0 Å². The Morgan fingerprint density at radius 3 is 2.45 bits per heavy atom. The van der Waals surface area contributed by atoms with Gasteiger partial charge in [-0.1, -0.05) is 12.8 Å². The van der Waals surface area contributed by atoms with Crippen LogP contribution in [0.1, 0.15) is 65.2 Å². The molecule has 0 bridgehead atoms. The van der Waals surface area contributed by atoms with Crippen molar-refractivity contribution in [3.05, 3.63) is 0 Å². The van der Waals surface area contributed by atoms with Crippen molar-refractivity contribution in [3.8, 4) is 0 Å². The van der Waals surface area contributed by atoms with Crippen LogP contribution in [-0.4, -0.2) is 76.0 Å². The Balaban J connectivity index is 0.00000784. The van der Waals surface area contributed by atoms with Gasteiger partial charge in [0.1, 0.15) is 0 Å². The third-order valence-corrected chi connectivity index (χ3v) is 4.78. The van der Waals surface area contributed by atoms with E-state index in [9.17, 15) is 4.79 Å². The molecule has 1 N–H and O–H groups in total. The van der Waals surface area contributed by atoms with Gasteiger partial charge in [-0.3, -0.25) is 9.79 Å². The number of piperidine rings is 1. The molecule has 0 aromatic heterocycles. The van der Waals surface area contributed by atoms with E-state index in [1.165, 1.54) is 0 Å². The van der Waals surface area contributed by atoms with Crippen molar-refractivity contribution >= 4 is 35.9 Å². The molecule has 0 aromatic carbocycles. The number of aliphatic imine (C=N–C) groups is 1. The fourth-order valence-corrected chi connectivity index (χ4v) is 3.27. The maximum absolute atomic E-state index is 11.3. The first-order chi connectivity index (χ1) is 13.7. The number of likely N-dealkylation sites (tertiary alicyclic amines) is 1. The van der Waals surface area contributed by atoms with Gasteiger partial charge in [-0.25, -0.2) is 0 Å². The molecule has 0 amide bonds. The standard InChI is InChI=1S/C21H41N3O4.HI/c1-4-22-21(23-14-9-7-6-8-11-20(25)27-5-2)24-15-12-19(13-16-24)28-18-10-17-26-3;/h19H,4-18H2,1-3H3,(H,22,23);1H. The van der Waals surface area contributed by atoms with Crippen molar-refractivity contribution in [2.75, 3.05) is 53.1 Å². The summed E-state index contributed by atoms with van der Waals surface area (Å²) in [6, 6.07) is 0. The van der Waals surface area contributed by atoms with Gasteiger partial charge in [0.15, 0.2) is 5.96 Å². The molecule has 0 aliphatic carbocycles. The average molecular weight is 527 g/mol. The maximum Gasteiger partial charge on any atom is 0.305 e. The van der Waals surface area contributed by atoms with Gasteiger partial charge in [0.2, 0.25) is 0 Å². The number of unbranched alkanes of at least 4 members (excludes halogenated alkanes) is 3. The van der Waals surface area contributed by atoms with Gasteiger partial charge in [-0.15, -0.1) is 24.0 Å². The second-order valence-electron chi connectivity index (χ2n) is 7.11. The van der Waals surface area contributed by atoms with Crippen LogP contribution in [0, 0.1) is 0 Å². The SMILES string of the molecule is CCNC(=NCCCCCCC(=O)OCC)N1CCC(OCCCOC)CC1.I. The lowest BCUT2D eigenvalue weighted by molar-refractivity contribution is -0.143. The zero-order chi connectivity index (χ0) is 20.5. The number of rotatable bonds is 14. The van der Waals surface area contributed by atoms with Crippen molar-refractivity contribution in [1.82, 2.24) is 10.2 Å². The predicted molar refractivity (Wildman–Crippen MR) is 128 cm³/mol. The van der Waals surface area contributed by atoms with Crippen molar-refractivity contribution in [1.29, 1.82) is 0 Å². The molecule has 0 atom stereocenters. The van der Waals surface area contributed by atoms with E-state index in [-0.39, 0.29) is 29.9 Å². The molecular formula is C21H42IN3O4. The quantitative estimate of drug-likeness (QED) is 0.122. The molecule has 172 valence electrons. The van der Waals surface area contributed by atoms with E-state index < -0.39 is 0 Å². The van der Waals surface area contributed by atoms with Crippen LogP contribution in [-0.2, 0) is 19.0 Å². The van der Waals surface area contributed by atoms with E-state index in [1.54, 1.807) is 7.11 Å². The minimum atomic E-state index is -0.0824. The second kappa shape index (κ2) is 19.4. The van der Waals surface area contributed by atoms with Crippen molar-refractivity contribution in [2.45, 2.75) is 71.3 Å². The fourth-order valence-electron chi connectivity index (χ4n) is 3.27. The highest BCUT2D eigenvalue weighted by Gasteiger charge is 2.21. The van der Waals surface area contributed by atoms with Crippen molar-refractivity contribution in [2.24, 2.45) is 4.99 Å². The monoisotopic (exact) mass is 527 g/mol. The molecule has 1 aliphatic heterocycles. The van der Waals surface area contributed by atoms with Crippen LogP contribution in [0.15, 0.2) is 4.99 Å². The summed E-state index contributed by atoms with van der Waals surface area (Å²) in [4.78, 5) is 18.4. The van der Waals surface area contributed by atoms with E-state index in [0.29, 0.717) is 19.1 Å². The normalized spacial score (nSPS) is 15.1. The molecule has 7 nitrogen and oxygen atoms in total. The Bertz CT molecular complexity index is 430. The number of nitrogens with one attached hydrogen (secondary N) is 1. The molecular weight excluding hydrogens is 485 g/mol. The van der Waals surface area contributed by atoms with Crippen molar-refractivity contribution < 1.29 is 19.0 Å². The van der Waals surface area contributed by atoms with Gasteiger partial charge in [0.25, 0.3) is 0 Å². The van der Waals surface area contributed by atoms with Gasteiger partial charge in [-0.2, -0.15) is 0 Å². The molecule has 1 heterocycles. The zero-order valence-electron chi connectivity index (χ0n) is 18.6. The van der Waals surface area contributed by atoms with Crippen LogP contribution in [0.2, 0.25) is 0 Å². The lowest BCUT2D eigenvalue weighted by Crippen LogP contribution is -2.47. The van der Waals surface area contributed by atoms with Crippen LogP contribution in [0.4, 0.5) is 0 Å². The minimum Gasteiger partial charge on any atom is -0.466 e. The maximum atomic E-state index is 11.3. The molecule has 1 fully saturated rings. The number of esters is 1. The van der Waals surface area contributed by atoms with E-state index in [0.717, 1.165) is 90.3 Å². The predicted octanol–water partition coefficient (Wildman–Crippen LogP) is 3.60. The van der Waals surface area contributed by atoms with E-state index in [1.807, 2.05) is 6.92 Å². The molecule has 0 aromatic rings. The van der Waals surface area contributed by atoms with E-state index in [2.05, 4.69) is 17.1 Å². The number of methoxy groups -OCH3 is 1. The minimum absolute atomic E-state index is 0. The van der Waals surface area contributed by atoms with E-state index >= 15 is 0 Å². The number of carbonyl (C=O) groups excluding carboxylic acids is 1. The number of halogens is 1. The smallest absolute Gasteiger partial charge is 0.305 e. The highest BCUT2D eigenvalue weighted by atomic mass is 127. The lowest BCUT2D eigenvalue weighted by atomic mass is 10.1. The van der Waals surface area contributed by atoms with Crippen LogP contribution in [0.5, 0.6) is 0 Å². The fraction of sp³-hybridized carbons (Fsp3) is 0.905. The Morgan fingerprint density at radius 1 is 1.07 bits per heavy atom. The van der Waals surface area contributed by atoms with Gasteiger partial charge in [-0.05, 0) is 46.0 Å². The zero-order valence-corrected chi connectivity index (χ0v) is 20.9. The molecule has 1 aliphatic rings. The number of ether oxygens (including phenoxy) is 3. The first-order valence-electron chi connectivity index (χ1n) is 11.0. The number of guanidine groups is 1. The number of hydrogen-bond donors (Lipinski definition) is 1. The van der Waals surface area contributed by atoms with Crippen LogP contribution < -0.4 is 5.32 Å². The second-order valence-corrected chi connectivity index (χ2v) is 7.11. The third-order valence-electron chi connectivity index (χ3n) is 4.78. The summed E-state index contributed by atoms with van der Waals surface area (Å²) in [6.45, 7) is 9.65.